The third-order valence-corrected chi connectivity index (χ3v) is 15.1. The molecule has 4 aromatic rings. The van der Waals surface area contributed by atoms with E-state index in [1.165, 1.54) is 77.7 Å². The molecule has 4 aromatic carbocycles. The van der Waals surface area contributed by atoms with E-state index in [-0.39, 0.29) is 21.8 Å². The lowest BCUT2D eigenvalue weighted by Crippen LogP contribution is -2.20. The second kappa shape index (κ2) is 17.5. The molecular weight excluding hydrogens is 710 g/mol. The number of fused-ring (bicyclic) bond motifs is 4. The Morgan fingerprint density at radius 2 is 0.688 bits per heavy atom. The Morgan fingerprint density at radius 1 is 0.458 bits per heavy atom. The molecule has 0 aromatic heterocycles. The summed E-state index contributed by atoms with van der Waals surface area (Å²) < 4.78 is 78.0. The van der Waals surface area contributed by atoms with Gasteiger partial charge in [-0.05, 0) is 61.4 Å². The van der Waals surface area contributed by atoms with Crippen molar-refractivity contribution in [3.63, 3.8) is 0 Å². The SMILES string of the molecule is CCCC/C(=C(/CCCC)[S+]1c2ccccc2Sc2ccccc21)[S+]1c2ccccc2Sc2ccccc21.F[B-](F)(F)F.F[B-](F)(F)F. The second-order valence-electron chi connectivity index (χ2n) is 10.6. The standard InChI is InChI=1S/C34H34S4.2BF4/c1-3-5-19-33(37-29-21-11-7-15-25(29)35-26-16-8-12-22-30(26)37)34(20-6-4-2)38-31-23-13-9-17-27(31)36-28-18-10-14-24-32(28)38;2*2-1(3,4)5/h7-18,21-24H,3-6,19-20H2,1-2H3;;/q+2;2*-1/b34-33+;;. The predicted molar refractivity (Wildman–Crippen MR) is 188 cm³/mol. The quantitative estimate of drug-likeness (QED) is 0.100. The molecule has 2 aliphatic heterocycles. The van der Waals surface area contributed by atoms with Crippen LogP contribution in [0.3, 0.4) is 0 Å². The molecule has 0 radical (unpaired) electrons. The highest BCUT2D eigenvalue weighted by atomic mass is 32.2. The van der Waals surface area contributed by atoms with Crippen LogP contribution in [0.2, 0.25) is 0 Å². The molecule has 0 saturated heterocycles. The Labute approximate surface area is 291 Å². The average molecular weight is 745 g/mol. The van der Waals surface area contributed by atoms with E-state index in [0.29, 0.717) is 0 Å². The van der Waals surface area contributed by atoms with Crippen molar-refractivity contribution in [2.24, 2.45) is 0 Å². The van der Waals surface area contributed by atoms with Crippen molar-refractivity contribution >= 4 is 59.8 Å². The van der Waals surface area contributed by atoms with E-state index in [4.69, 9.17) is 0 Å². The molecule has 256 valence electrons. The maximum Gasteiger partial charge on any atom is 0.673 e. The van der Waals surface area contributed by atoms with Gasteiger partial charge in [-0.15, -0.1) is 0 Å². The first-order chi connectivity index (χ1) is 22.8. The lowest BCUT2D eigenvalue weighted by atomic mass is 10.2. The van der Waals surface area contributed by atoms with Crippen LogP contribution in [0.15, 0.2) is 146 Å². The van der Waals surface area contributed by atoms with Crippen molar-refractivity contribution in [2.75, 3.05) is 0 Å². The summed E-state index contributed by atoms with van der Waals surface area (Å²) in [7, 11) is -12.1. The van der Waals surface area contributed by atoms with Crippen LogP contribution in [0.5, 0.6) is 0 Å². The predicted octanol–water partition coefficient (Wildman–Crippen LogP) is 13.6. The maximum absolute atomic E-state index is 9.75. The van der Waals surface area contributed by atoms with Crippen molar-refractivity contribution < 1.29 is 34.5 Å². The van der Waals surface area contributed by atoms with Gasteiger partial charge >= 0.3 is 14.5 Å². The van der Waals surface area contributed by atoms with E-state index < -0.39 is 14.5 Å². The van der Waals surface area contributed by atoms with E-state index in [0.717, 1.165) is 0 Å². The highest BCUT2D eigenvalue weighted by molar-refractivity contribution is 8.08. The van der Waals surface area contributed by atoms with Gasteiger partial charge in [0.05, 0.1) is 19.6 Å². The number of benzene rings is 4. The fourth-order valence-corrected chi connectivity index (χ4v) is 13.8. The third-order valence-electron chi connectivity index (χ3n) is 7.03. The second-order valence-corrected chi connectivity index (χ2v) is 16.8. The molecule has 0 atom stereocenters. The van der Waals surface area contributed by atoms with Crippen LogP contribution in [0.1, 0.15) is 52.4 Å². The van der Waals surface area contributed by atoms with E-state index in [1.54, 1.807) is 9.81 Å². The van der Waals surface area contributed by atoms with Crippen LogP contribution in [-0.4, -0.2) is 14.5 Å². The van der Waals surface area contributed by atoms with Crippen molar-refractivity contribution in [2.45, 2.75) is 91.5 Å². The minimum atomic E-state index is -6.00. The van der Waals surface area contributed by atoms with Gasteiger partial charge in [-0.25, -0.2) is 0 Å². The first-order valence-corrected chi connectivity index (χ1v) is 19.6. The molecule has 0 unspecified atom stereocenters. The van der Waals surface area contributed by atoms with E-state index >= 15 is 0 Å². The normalized spacial score (nSPS) is 14.5. The number of hydrogen-bond acceptors (Lipinski definition) is 2. The Morgan fingerprint density at radius 3 is 0.917 bits per heavy atom. The van der Waals surface area contributed by atoms with Crippen LogP contribution in [0.4, 0.5) is 34.5 Å². The zero-order chi connectivity index (χ0) is 34.9. The van der Waals surface area contributed by atoms with Crippen molar-refractivity contribution in [1.82, 2.24) is 0 Å². The Kier molecular flexibility index (Phi) is 14.0. The summed E-state index contributed by atoms with van der Waals surface area (Å²) >= 11 is 3.91. The van der Waals surface area contributed by atoms with Crippen molar-refractivity contribution in [3.8, 4) is 0 Å². The van der Waals surface area contributed by atoms with Gasteiger partial charge in [0.15, 0.2) is 29.4 Å². The molecule has 0 fully saturated rings. The lowest BCUT2D eigenvalue weighted by Gasteiger charge is -2.24. The summed E-state index contributed by atoms with van der Waals surface area (Å²) in [6.45, 7) is 4.68. The number of halogens is 8. The van der Waals surface area contributed by atoms with Gasteiger partial charge in [-0.2, -0.15) is 0 Å². The molecule has 6 rings (SSSR count). The molecule has 0 N–H and O–H groups in total. The largest absolute Gasteiger partial charge is 0.673 e. The number of unbranched alkanes of at least 4 members (excludes halogenated alkanes) is 2. The average Bonchev–Trinajstić information content (AvgIpc) is 3.03. The molecule has 14 heteroatoms. The zero-order valence-corrected chi connectivity index (χ0v) is 29.6. The van der Waals surface area contributed by atoms with Crippen LogP contribution in [0, 0.1) is 0 Å². The molecule has 0 aliphatic carbocycles. The van der Waals surface area contributed by atoms with Gasteiger partial charge in [0.1, 0.15) is 21.8 Å². The van der Waals surface area contributed by atoms with Crippen LogP contribution < -0.4 is 0 Å². The molecule has 2 aliphatic rings. The first-order valence-electron chi connectivity index (χ1n) is 15.5. The first kappa shape index (κ1) is 38.4. The summed E-state index contributed by atoms with van der Waals surface area (Å²) in [6.07, 6.45) is 7.26. The lowest BCUT2D eigenvalue weighted by molar-refractivity contribution is 0.366. The van der Waals surface area contributed by atoms with Crippen molar-refractivity contribution in [3.05, 3.63) is 107 Å². The van der Waals surface area contributed by atoms with Gasteiger partial charge in [-0.3, -0.25) is 0 Å². The van der Waals surface area contributed by atoms with Gasteiger partial charge in [0.25, 0.3) is 0 Å². The minimum absolute atomic E-state index is 0.0637. The summed E-state index contributed by atoms with van der Waals surface area (Å²) in [6, 6.07) is 36.8. The van der Waals surface area contributed by atoms with Gasteiger partial charge in [0, 0.05) is 12.8 Å². The van der Waals surface area contributed by atoms with Crippen LogP contribution >= 0.6 is 23.5 Å². The van der Waals surface area contributed by atoms with Gasteiger partial charge in [-0.1, -0.05) is 98.7 Å². The number of rotatable bonds is 8. The van der Waals surface area contributed by atoms with E-state index in [2.05, 4.69) is 111 Å². The highest BCUT2D eigenvalue weighted by Crippen LogP contribution is 2.54. The van der Waals surface area contributed by atoms with Gasteiger partial charge < -0.3 is 34.5 Å². The summed E-state index contributed by atoms with van der Waals surface area (Å²) in [5, 5.41) is 0. The molecule has 0 spiro atoms. The molecule has 0 nitrogen and oxygen atoms in total. The smallest absolute Gasteiger partial charge is 0.418 e. The zero-order valence-electron chi connectivity index (χ0n) is 26.3. The highest BCUT2D eigenvalue weighted by Gasteiger charge is 2.48. The van der Waals surface area contributed by atoms with E-state index in [9.17, 15) is 34.5 Å². The Balaban J connectivity index is 0.000000458. The molecule has 48 heavy (non-hydrogen) atoms. The fraction of sp³-hybridized carbons (Fsp3) is 0.235. The summed E-state index contributed by atoms with van der Waals surface area (Å²) in [5.74, 6) is 0. The number of allylic oxidation sites excluding steroid dienone is 2. The van der Waals surface area contributed by atoms with Crippen LogP contribution in [-0.2, 0) is 21.8 Å². The molecular formula is C34H34B2F8S4. The molecule has 0 bridgehead atoms. The Bertz CT molecular complexity index is 1470. The Hall–Kier alpha value is -2.41. The monoisotopic (exact) mass is 744 g/mol. The van der Waals surface area contributed by atoms with E-state index in [1.807, 2.05) is 23.5 Å². The van der Waals surface area contributed by atoms with Crippen molar-refractivity contribution in [1.29, 1.82) is 0 Å². The number of hydrogen-bond donors (Lipinski definition) is 0. The fourth-order valence-electron chi connectivity index (χ4n) is 5.20. The summed E-state index contributed by atoms with van der Waals surface area (Å²) in [4.78, 5) is 15.2. The summed E-state index contributed by atoms with van der Waals surface area (Å²) in [5.41, 5.74) is 0. The minimum Gasteiger partial charge on any atom is -0.418 e. The van der Waals surface area contributed by atoms with Gasteiger partial charge in [0.2, 0.25) is 0 Å². The topological polar surface area (TPSA) is 0 Å². The third kappa shape index (κ3) is 10.8. The molecule has 0 amide bonds. The molecule has 2 heterocycles. The maximum atomic E-state index is 9.75. The molecule has 0 saturated carbocycles. The van der Waals surface area contributed by atoms with Crippen LogP contribution in [0.25, 0.3) is 0 Å².